The zero-order chi connectivity index (χ0) is 11.4. The Labute approximate surface area is 96.9 Å². The molecule has 1 aromatic heterocycles. The van der Waals surface area contributed by atoms with Gasteiger partial charge in [-0.05, 0) is 12.1 Å². The average molecular weight is 232 g/mol. The molecule has 0 saturated carbocycles. The van der Waals surface area contributed by atoms with Gasteiger partial charge in [-0.15, -0.1) is 6.58 Å². The second-order valence-electron chi connectivity index (χ2n) is 3.27. The first-order valence-electron chi connectivity index (χ1n) is 4.91. The summed E-state index contributed by atoms with van der Waals surface area (Å²) in [6, 6.07) is 9.35. The minimum absolute atomic E-state index is 0.631. The molecule has 1 heterocycles. The first-order valence-corrected chi connectivity index (χ1v) is 6.06. The van der Waals surface area contributed by atoms with Crippen molar-refractivity contribution in [2.45, 2.75) is 16.3 Å². The van der Waals surface area contributed by atoms with E-state index in [2.05, 4.69) is 11.7 Å². The molecule has 2 aromatic rings. The van der Waals surface area contributed by atoms with Crippen LogP contribution in [0.2, 0.25) is 0 Å². The molecular weight excluding hydrogens is 220 g/mol. The van der Waals surface area contributed by atoms with Crippen molar-refractivity contribution in [1.29, 1.82) is 0 Å². The maximum Gasteiger partial charge on any atom is 0.0881 e. The molecule has 2 rings (SSSR count). The highest BCUT2D eigenvalue weighted by Gasteiger charge is 2.08. The van der Waals surface area contributed by atoms with Gasteiger partial charge in [0.25, 0.3) is 0 Å². The highest BCUT2D eigenvalue weighted by Crippen LogP contribution is 2.14. The van der Waals surface area contributed by atoms with Crippen molar-refractivity contribution in [2.24, 2.45) is 0 Å². The molecule has 1 unspecified atom stereocenters. The predicted octanol–water partition coefficient (Wildman–Crippen LogP) is 2.24. The molecule has 0 amide bonds. The van der Waals surface area contributed by atoms with Gasteiger partial charge in [-0.1, -0.05) is 24.3 Å². The van der Waals surface area contributed by atoms with Gasteiger partial charge in [0.1, 0.15) is 0 Å². The maximum atomic E-state index is 12.1. The third-order valence-electron chi connectivity index (χ3n) is 2.10. The van der Waals surface area contributed by atoms with E-state index < -0.39 is 10.8 Å². The molecule has 1 aromatic carbocycles. The van der Waals surface area contributed by atoms with Crippen molar-refractivity contribution in [3.05, 3.63) is 55.4 Å². The van der Waals surface area contributed by atoms with Crippen molar-refractivity contribution in [3.8, 4) is 0 Å². The Kier molecular flexibility index (Phi) is 3.31. The van der Waals surface area contributed by atoms with Crippen LogP contribution >= 0.6 is 0 Å². The van der Waals surface area contributed by atoms with Crippen LogP contribution in [0.25, 0.3) is 0 Å². The molecule has 82 valence electrons. The Morgan fingerprint density at radius 3 is 2.75 bits per heavy atom. The summed E-state index contributed by atoms with van der Waals surface area (Å²) in [4.78, 5) is 1.51. The predicted molar refractivity (Wildman–Crippen MR) is 63.5 cm³/mol. The molecule has 0 saturated heterocycles. The molecule has 0 aliphatic carbocycles. The van der Waals surface area contributed by atoms with Crippen LogP contribution in [0.1, 0.15) is 0 Å². The smallest absolute Gasteiger partial charge is 0.0881 e. The van der Waals surface area contributed by atoms with Crippen LogP contribution < -0.4 is 0 Å². The summed E-state index contributed by atoms with van der Waals surface area (Å²) in [5.74, 6) is 0. The normalized spacial score (nSPS) is 12.2. The fourth-order valence-corrected chi connectivity index (χ4v) is 2.39. The van der Waals surface area contributed by atoms with Gasteiger partial charge in [-0.2, -0.15) is 5.10 Å². The lowest BCUT2D eigenvalue weighted by molar-refractivity contribution is 0.681. The Hall–Kier alpha value is -1.68. The van der Waals surface area contributed by atoms with Crippen molar-refractivity contribution in [2.75, 3.05) is 0 Å². The molecule has 0 spiro atoms. The summed E-state index contributed by atoms with van der Waals surface area (Å²) in [6.45, 7) is 4.26. The number of allylic oxidation sites excluding steroid dienone is 1. The fraction of sp³-hybridized carbons (Fsp3) is 0.0833. The van der Waals surface area contributed by atoms with Crippen LogP contribution in [0.15, 0.2) is 65.2 Å². The molecular formula is C12H12N2OS. The van der Waals surface area contributed by atoms with E-state index in [-0.39, 0.29) is 0 Å². The van der Waals surface area contributed by atoms with Gasteiger partial charge in [-0.3, -0.25) is 4.68 Å². The van der Waals surface area contributed by atoms with E-state index in [0.29, 0.717) is 11.4 Å². The highest BCUT2D eigenvalue weighted by atomic mass is 32.2. The molecule has 4 heteroatoms. The number of nitrogens with zero attached hydrogens (tertiary/aromatic N) is 2. The summed E-state index contributed by atoms with van der Waals surface area (Å²) in [5, 5.41) is 4.10. The number of hydrogen-bond acceptors (Lipinski definition) is 2. The standard InChI is InChI=1S/C12H12N2OS/c1-2-8-14-10-12(9-13-14)16(15)11-6-4-3-5-7-11/h2-7,9-10H,1,8H2. The first kappa shape index (κ1) is 10.8. The van der Waals surface area contributed by atoms with E-state index >= 15 is 0 Å². The summed E-state index contributed by atoms with van der Waals surface area (Å²) in [6.07, 6.45) is 5.17. The van der Waals surface area contributed by atoms with Crippen molar-refractivity contribution >= 4 is 10.8 Å². The topological polar surface area (TPSA) is 34.9 Å². The minimum Gasteiger partial charge on any atom is -0.268 e. The molecule has 1 atom stereocenters. The molecule has 0 fully saturated rings. The average Bonchev–Trinajstić information content (AvgIpc) is 2.78. The Morgan fingerprint density at radius 1 is 1.31 bits per heavy atom. The molecule has 3 nitrogen and oxygen atoms in total. The van der Waals surface area contributed by atoms with Crippen molar-refractivity contribution < 1.29 is 4.21 Å². The number of rotatable bonds is 4. The third kappa shape index (κ3) is 2.28. The van der Waals surface area contributed by atoms with E-state index in [1.165, 1.54) is 0 Å². The second kappa shape index (κ2) is 4.90. The van der Waals surface area contributed by atoms with Gasteiger partial charge >= 0.3 is 0 Å². The van der Waals surface area contributed by atoms with E-state index in [0.717, 1.165) is 4.90 Å². The van der Waals surface area contributed by atoms with E-state index in [4.69, 9.17) is 0 Å². The van der Waals surface area contributed by atoms with Gasteiger partial charge < -0.3 is 0 Å². The number of aromatic nitrogens is 2. The van der Waals surface area contributed by atoms with Crippen molar-refractivity contribution in [1.82, 2.24) is 9.78 Å². The lowest BCUT2D eigenvalue weighted by Crippen LogP contribution is -1.94. The largest absolute Gasteiger partial charge is 0.268 e. The fourth-order valence-electron chi connectivity index (χ4n) is 1.35. The molecule has 0 bridgehead atoms. The first-order chi connectivity index (χ1) is 7.81. The summed E-state index contributed by atoms with van der Waals surface area (Å²) >= 11 is 0. The lowest BCUT2D eigenvalue weighted by Gasteiger charge is -1.97. The maximum absolute atomic E-state index is 12.1. The van der Waals surface area contributed by atoms with E-state index in [1.54, 1.807) is 23.2 Å². The van der Waals surface area contributed by atoms with Crippen molar-refractivity contribution in [3.63, 3.8) is 0 Å². The zero-order valence-corrected chi connectivity index (χ0v) is 9.56. The Morgan fingerprint density at radius 2 is 2.06 bits per heavy atom. The summed E-state index contributed by atoms with van der Waals surface area (Å²) < 4.78 is 13.8. The molecule has 0 aliphatic heterocycles. The van der Waals surface area contributed by atoms with Gasteiger partial charge in [0.15, 0.2) is 0 Å². The Bertz CT molecular complexity index is 505. The minimum atomic E-state index is -1.15. The van der Waals surface area contributed by atoms with Crippen LogP contribution in [0, 0.1) is 0 Å². The molecule has 16 heavy (non-hydrogen) atoms. The van der Waals surface area contributed by atoms with Crippen LogP contribution in [0.3, 0.4) is 0 Å². The van der Waals surface area contributed by atoms with Crippen LogP contribution in [-0.4, -0.2) is 14.0 Å². The van der Waals surface area contributed by atoms with Gasteiger partial charge in [0.05, 0.1) is 28.4 Å². The second-order valence-corrected chi connectivity index (χ2v) is 4.75. The summed E-state index contributed by atoms with van der Waals surface area (Å²) in [5.41, 5.74) is 0. The molecule has 0 radical (unpaired) electrons. The van der Waals surface area contributed by atoms with Gasteiger partial charge in [0, 0.05) is 11.1 Å². The number of hydrogen-bond donors (Lipinski definition) is 0. The summed E-state index contributed by atoms with van der Waals surface area (Å²) in [7, 11) is -1.15. The Balaban J connectivity index is 2.24. The molecule has 0 N–H and O–H groups in total. The zero-order valence-electron chi connectivity index (χ0n) is 8.74. The van der Waals surface area contributed by atoms with Gasteiger partial charge in [0.2, 0.25) is 0 Å². The quantitative estimate of drug-likeness (QED) is 0.758. The third-order valence-corrected chi connectivity index (χ3v) is 3.44. The number of benzene rings is 1. The highest BCUT2D eigenvalue weighted by molar-refractivity contribution is 7.85. The van der Waals surface area contributed by atoms with Crippen LogP contribution in [-0.2, 0) is 17.3 Å². The lowest BCUT2D eigenvalue weighted by atomic mass is 10.4. The van der Waals surface area contributed by atoms with E-state index in [9.17, 15) is 4.21 Å². The van der Waals surface area contributed by atoms with E-state index in [1.807, 2.05) is 30.3 Å². The van der Waals surface area contributed by atoms with Crippen LogP contribution in [0.4, 0.5) is 0 Å². The molecule has 0 aliphatic rings. The monoisotopic (exact) mass is 232 g/mol. The van der Waals surface area contributed by atoms with Crippen LogP contribution in [0.5, 0.6) is 0 Å². The SMILES string of the molecule is C=CCn1cc(S(=O)c2ccccc2)cn1. The van der Waals surface area contributed by atoms with Gasteiger partial charge in [-0.25, -0.2) is 4.21 Å².